The number of phenolic OH excluding ortho intramolecular Hbond substituents is 1. The Morgan fingerprint density at radius 3 is 2.24 bits per heavy atom. The van der Waals surface area contributed by atoms with Gasteiger partial charge in [0.25, 0.3) is 0 Å². The van der Waals surface area contributed by atoms with Crippen LogP contribution in [-0.2, 0) is 33.6 Å². The maximum Gasteiger partial charge on any atom is 0.246 e. The van der Waals surface area contributed by atoms with Crippen molar-refractivity contribution in [1.82, 2.24) is 40.6 Å². The number of aromatic hydroxyl groups is 1. The van der Waals surface area contributed by atoms with E-state index in [2.05, 4.69) is 37.8 Å². The van der Waals surface area contributed by atoms with E-state index >= 15 is 8.78 Å². The highest BCUT2D eigenvalue weighted by atomic mass is 35.5. The van der Waals surface area contributed by atoms with Crippen molar-refractivity contribution in [3.63, 3.8) is 0 Å². The molecule has 394 valence electrons. The van der Waals surface area contributed by atoms with Gasteiger partial charge in [0.05, 0.1) is 35.7 Å². The summed E-state index contributed by atoms with van der Waals surface area (Å²) < 4.78 is 31.5. The smallest absolute Gasteiger partial charge is 0.246 e. The second kappa shape index (κ2) is 26.8. The van der Waals surface area contributed by atoms with Crippen LogP contribution in [0, 0.1) is 29.4 Å². The number of halogens is 3. The summed E-state index contributed by atoms with van der Waals surface area (Å²) in [5, 5.41) is 32.5. The third kappa shape index (κ3) is 15.3. The Labute approximate surface area is 424 Å². The molecule has 4 rings (SSSR count). The van der Waals surface area contributed by atoms with Gasteiger partial charge >= 0.3 is 0 Å². The molecule has 1 saturated heterocycles. The van der Waals surface area contributed by atoms with Crippen molar-refractivity contribution >= 4 is 76.0 Å². The number of hydrogen-bond acceptors (Lipinski definition) is 13. The number of hydrogen-bond donors (Lipinski definition) is 6. The number of rotatable bonds is 25. The van der Waals surface area contributed by atoms with Crippen LogP contribution in [0.5, 0.6) is 5.75 Å². The SMILES string of the molecule is C=CC(=O)N1CCN(c2nc(NCCC(=O)NCC[C@@H](C)[C@@H](O)CC(=O)N[C@@H](CC)C(=O)N(C)CC(=O)N(C)[C@@H](CC(C)C)C(=O)NC(C=O)C(C)C)nc3c(F)c(-c4c(O)cccc4F)c(Cl)cc23)CC1. The normalized spacial score (nSPS) is 14.8. The molecule has 72 heavy (non-hydrogen) atoms. The van der Waals surface area contributed by atoms with Crippen LogP contribution >= 0.6 is 11.6 Å². The summed E-state index contributed by atoms with van der Waals surface area (Å²) in [5.41, 5.74) is -1.07. The molecule has 2 heterocycles. The highest BCUT2D eigenvalue weighted by Crippen LogP contribution is 2.42. The topological polar surface area (TPSA) is 247 Å². The van der Waals surface area contributed by atoms with Crippen LogP contribution in [0.2, 0.25) is 5.02 Å². The molecule has 2 aromatic carbocycles. The number of nitrogens with one attached hydrogen (secondary N) is 4. The van der Waals surface area contributed by atoms with Gasteiger partial charge in [0.15, 0.2) is 5.82 Å². The summed E-state index contributed by atoms with van der Waals surface area (Å²) in [6.45, 7) is 15.3. The van der Waals surface area contributed by atoms with Gasteiger partial charge in [-0.2, -0.15) is 4.98 Å². The van der Waals surface area contributed by atoms with E-state index in [0.29, 0.717) is 38.9 Å². The van der Waals surface area contributed by atoms with Crippen LogP contribution in [-0.4, -0.2) is 161 Å². The van der Waals surface area contributed by atoms with E-state index in [1.807, 2.05) is 18.7 Å². The number of anilines is 2. The van der Waals surface area contributed by atoms with Crippen LogP contribution in [0.1, 0.15) is 73.6 Å². The molecule has 6 amide bonds. The van der Waals surface area contributed by atoms with Crippen LogP contribution in [0.3, 0.4) is 0 Å². The monoisotopic (exact) mass is 1030 g/mol. The molecule has 1 fully saturated rings. The minimum absolute atomic E-state index is 0.00137. The predicted octanol–water partition coefficient (Wildman–Crippen LogP) is 4.03. The molecule has 0 aliphatic carbocycles. The Balaban J connectivity index is 1.31. The van der Waals surface area contributed by atoms with Gasteiger partial charge in [-0.3, -0.25) is 28.8 Å². The number of likely N-dealkylation sites (N-methyl/N-ethyl adjacent to an activating group) is 2. The molecule has 1 aliphatic heterocycles. The summed E-state index contributed by atoms with van der Waals surface area (Å²) in [7, 11) is 2.87. The number of phenols is 1. The molecule has 0 bridgehead atoms. The average molecular weight is 1030 g/mol. The van der Waals surface area contributed by atoms with Gasteiger partial charge < -0.3 is 55.9 Å². The lowest BCUT2D eigenvalue weighted by molar-refractivity contribution is -0.145. The highest BCUT2D eigenvalue weighted by Gasteiger charge is 2.33. The molecule has 6 N–H and O–H groups in total. The Bertz CT molecular complexity index is 2440. The van der Waals surface area contributed by atoms with Crippen molar-refractivity contribution in [3.05, 3.63) is 53.6 Å². The molecule has 19 nitrogen and oxygen atoms in total. The van der Waals surface area contributed by atoms with Crippen molar-refractivity contribution in [2.75, 3.05) is 70.1 Å². The first-order chi connectivity index (χ1) is 34.0. The molecule has 0 saturated carbocycles. The molecule has 1 aromatic heterocycles. The fourth-order valence-corrected chi connectivity index (χ4v) is 8.37. The van der Waals surface area contributed by atoms with Crippen molar-refractivity contribution in [2.45, 2.75) is 97.9 Å². The summed E-state index contributed by atoms with van der Waals surface area (Å²) in [4.78, 5) is 105. The van der Waals surface area contributed by atoms with E-state index < -0.39 is 82.3 Å². The fraction of sp³-hybridized carbons (Fsp3) is 0.540. The Morgan fingerprint density at radius 1 is 0.958 bits per heavy atom. The summed E-state index contributed by atoms with van der Waals surface area (Å²) >= 11 is 6.56. The molecule has 3 aromatic rings. The minimum Gasteiger partial charge on any atom is -0.507 e. The van der Waals surface area contributed by atoms with Crippen molar-refractivity contribution < 1.29 is 52.6 Å². The van der Waals surface area contributed by atoms with E-state index in [9.17, 15) is 43.8 Å². The lowest BCUT2D eigenvalue weighted by Gasteiger charge is -2.35. The maximum atomic E-state index is 16.5. The number of piperazine rings is 1. The maximum absolute atomic E-state index is 16.5. The average Bonchev–Trinajstić information content (AvgIpc) is 3.33. The summed E-state index contributed by atoms with van der Waals surface area (Å²) in [5.74, 6) is -5.58. The van der Waals surface area contributed by atoms with E-state index in [4.69, 9.17) is 11.6 Å². The number of carbonyl (C=O) groups is 7. The first kappa shape index (κ1) is 58.1. The number of aldehydes is 1. The Morgan fingerprint density at radius 2 is 1.64 bits per heavy atom. The van der Waals surface area contributed by atoms with Crippen LogP contribution < -0.4 is 26.2 Å². The number of benzene rings is 2. The largest absolute Gasteiger partial charge is 0.507 e. The first-order valence-electron chi connectivity index (χ1n) is 24.1. The number of aliphatic hydroxyl groups is 1. The van der Waals surface area contributed by atoms with Crippen LogP contribution in [0.25, 0.3) is 22.0 Å². The fourth-order valence-electron chi connectivity index (χ4n) is 8.09. The lowest BCUT2D eigenvalue weighted by Crippen LogP contribution is -2.55. The summed E-state index contributed by atoms with van der Waals surface area (Å²) in [6.07, 6.45) is 1.11. The van der Waals surface area contributed by atoms with Gasteiger partial charge in [-0.1, -0.05) is 65.8 Å². The number of aliphatic hydroxyl groups excluding tert-OH is 1. The number of fused-ring (bicyclic) bond motifs is 1. The Hall–Kier alpha value is -6.48. The van der Waals surface area contributed by atoms with E-state index in [0.717, 1.165) is 11.0 Å². The molecule has 22 heteroatoms. The molecule has 1 aliphatic rings. The standard InChI is InChI=1S/C50H69ClF2N10O9/c1-10-34(49(72)60(8)26-42(70)61(9)36(23-28(3)4)48(71)57-35(27-64)29(5)6)56-40(68)25-38(66)30(7)15-17-54-39(67)16-18-55-50-58-46-31(47(59-50)63-21-19-62(20-22-63)41(69)11-2)24-32(51)43(45(46)53)44-33(52)13-12-14-37(44)65/h11-14,24,27-30,34-36,38,65-66H,2,10,15-23,25-26H2,1,3-9H3,(H,54,67)(H,56,68)(H,57,71)(H,55,58,59)/t30-,34+,35?,36+,38+/m1/s1. The number of nitrogens with zero attached hydrogens (tertiary/aromatic N) is 6. The van der Waals surface area contributed by atoms with Gasteiger partial charge in [0.1, 0.15) is 41.3 Å². The molecule has 0 radical (unpaired) electrons. The zero-order chi connectivity index (χ0) is 53.6. The second-order valence-corrected chi connectivity index (χ2v) is 19.2. The van der Waals surface area contributed by atoms with Crippen LogP contribution in [0.4, 0.5) is 20.5 Å². The van der Waals surface area contributed by atoms with Crippen molar-refractivity contribution in [2.24, 2.45) is 17.8 Å². The van der Waals surface area contributed by atoms with Gasteiger partial charge in [-0.05, 0) is 61.3 Å². The van der Waals surface area contributed by atoms with E-state index in [1.54, 1.807) is 32.6 Å². The minimum atomic E-state index is -1.13. The van der Waals surface area contributed by atoms with Gasteiger partial charge in [0, 0.05) is 70.7 Å². The van der Waals surface area contributed by atoms with Gasteiger partial charge in [-0.25, -0.2) is 13.8 Å². The second-order valence-electron chi connectivity index (χ2n) is 18.8. The van der Waals surface area contributed by atoms with Crippen LogP contribution in [0.15, 0.2) is 36.9 Å². The predicted molar refractivity (Wildman–Crippen MR) is 270 cm³/mol. The lowest BCUT2D eigenvalue weighted by atomic mass is 9.97. The third-order valence-corrected chi connectivity index (χ3v) is 12.9. The quantitative estimate of drug-likeness (QED) is 0.0519. The molecular formula is C50H69ClF2N10O9. The van der Waals surface area contributed by atoms with Gasteiger partial charge in [0.2, 0.25) is 41.4 Å². The first-order valence-corrected chi connectivity index (χ1v) is 24.5. The van der Waals surface area contributed by atoms with E-state index in [-0.39, 0.29) is 96.7 Å². The molecular weight excluding hydrogens is 958 g/mol. The third-order valence-electron chi connectivity index (χ3n) is 12.6. The Kier molecular flexibility index (Phi) is 21.6. The van der Waals surface area contributed by atoms with Crippen molar-refractivity contribution in [1.29, 1.82) is 0 Å². The van der Waals surface area contributed by atoms with Crippen molar-refractivity contribution in [3.8, 4) is 16.9 Å². The van der Waals surface area contributed by atoms with E-state index in [1.165, 1.54) is 43.3 Å². The zero-order valence-corrected chi connectivity index (χ0v) is 43.0. The zero-order valence-electron chi connectivity index (χ0n) is 42.3. The number of aromatic nitrogens is 2. The number of carbonyl (C=O) groups excluding carboxylic acids is 7. The molecule has 0 spiro atoms. The highest BCUT2D eigenvalue weighted by molar-refractivity contribution is 6.34. The summed E-state index contributed by atoms with van der Waals surface area (Å²) in [6, 6.07) is 2.29. The molecule has 5 atom stereocenters. The van der Waals surface area contributed by atoms with Gasteiger partial charge in [-0.15, -0.1) is 0 Å². The molecule has 1 unspecified atom stereocenters. The number of amides is 6.